The summed E-state index contributed by atoms with van der Waals surface area (Å²) in [5.41, 5.74) is 0.698. The van der Waals surface area contributed by atoms with Crippen LogP contribution in [0.3, 0.4) is 0 Å². The van der Waals surface area contributed by atoms with Crippen LogP contribution in [0.2, 0.25) is 0 Å². The van der Waals surface area contributed by atoms with Crippen molar-refractivity contribution < 1.29 is 9.90 Å². The number of carboxylic acids is 1. The van der Waals surface area contributed by atoms with E-state index in [4.69, 9.17) is 5.11 Å². The first kappa shape index (κ1) is 11.3. The van der Waals surface area contributed by atoms with Gasteiger partial charge < -0.3 is 10.1 Å². The molecule has 0 aliphatic heterocycles. The fourth-order valence-corrected chi connectivity index (χ4v) is 1.52. The second-order valence-electron chi connectivity index (χ2n) is 3.55. The molecule has 0 aliphatic carbocycles. The lowest BCUT2D eigenvalue weighted by Crippen LogP contribution is -2.07. The van der Waals surface area contributed by atoms with Crippen LogP contribution in [0.25, 0.3) is 11.6 Å². The van der Waals surface area contributed by atoms with E-state index in [9.17, 15) is 4.79 Å². The van der Waals surface area contributed by atoms with E-state index in [-0.39, 0.29) is 5.56 Å². The molecule has 0 unspecified atom stereocenters. The number of hydrogen-bond acceptors (Lipinski definition) is 4. The number of aromatic amines is 1. The Hall–Kier alpha value is -2.24. The molecular formula is C11H12N4O2. The minimum absolute atomic E-state index is 0.155. The van der Waals surface area contributed by atoms with Crippen molar-refractivity contribution in [3.63, 3.8) is 0 Å². The SMILES string of the molecule is CCCc1nc(-c2ncc[nH]2)ncc1C(=O)O. The molecule has 0 aromatic carbocycles. The van der Waals surface area contributed by atoms with E-state index in [0.29, 0.717) is 23.8 Å². The Kier molecular flexibility index (Phi) is 3.13. The highest BCUT2D eigenvalue weighted by molar-refractivity contribution is 5.88. The van der Waals surface area contributed by atoms with E-state index < -0.39 is 5.97 Å². The van der Waals surface area contributed by atoms with Gasteiger partial charge in [0.2, 0.25) is 0 Å². The monoisotopic (exact) mass is 232 g/mol. The van der Waals surface area contributed by atoms with Gasteiger partial charge in [-0.1, -0.05) is 13.3 Å². The summed E-state index contributed by atoms with van der Waals surface area (Å²) in [5, 5.41) is 9.01. The topological polar surface area (TPSA) is 91.8 Å². The Morgan fingerprint density at radius 2 is 2.29 bits per heavy atom. The first-order chi connectivity index (χ1) is 8.22. The number of aromatic nitrogens is 4. The highest BCUT2D eigenvalue weighted by atomic mass is 16.4. The fourth-order valence-electron chi connectivity index (χ4n) is 1.52. The maximum atomic E-state index is 11.0. The van der Waals surface area contributed by atoms with Crippen LogP contribution in [0.15, 0.2) is 18.6 Å². The van der Waals surface area contributed by atoms with Gasteiger partial charge in [-0.2, -0.15) is 0 Å². The number of aromatic carboxylic acids is 1. The molecule has 2 N–H and O–H groups in total. The van der Waals surface area contributed by atoms with Gasteiger partial charge in [-0.15, -0.1) is 0 Å². The second kappa shape index (κ2) is 4.73. The fraction of sp³-hybridized carbons (Fsp3) is 0.273. The van der Waals surface area contributed by atoms with Gasteiger partial charge in [0.1, 0.15) is 0 Å². The van der Waals surface area contributed by atoms with E-state index in [1.54, 1.807) is 12.4 Å². The molecule has 2 aromatic rings. The minimum atomic E-state index is -1.00. The third kappa shape index (κ3) is 2.30. The lowest BCUT2D eigenvalue weighted by Gasteiger charge is -2.04. The van der Waals surface area contributed by atoms with Crippen LogP contribution < -0.4 is 0 Å². The van der Waals surface area contributed by atoms with E-state index in [1.165, 1.54) is 6.20 Å². The zero-order valence-corrected chi connectivity index (χ0v) is 9.34. The zero-order chi connectivity index (χ0) is 12.3. The molecular weight excluding hydrogens is 220 g/mol. The smallest absolute Gasteiger partial charge is 0.339 e. The van der Waals surface area contributed by atoms with E-state index >= 15 is 0 Å². The average molecular weight is 232 g/mol. The van der Waals surface area contributed by atoms with Gasteiger partial charge in [-0.25, -0.2) is 19.7 Å². The summed E-state index contributed by atoms with van der Waals surface area (Å²) in [5.74, 6) is -0.0396. The summed E-state index contributed by atoms with van der Waals surface area (Å²) in [7, 11) is 0. The number of carboxylic acid groups (broad SMARTS) is 1. The van der Waals surface area contributed by atoms with Gasteiger partial charge in [0.05, 0.1) is 11.3 Å². The number of H-pyrrole nitrogens is 1. The Balaban J connectivity index is 2.45. The predicted molar refractivity (Wildman–Crippen MR) is 60.6 cm³/mol. The van der Waals surface area contributed by atoms with Crippen molar-refractivity contribution in [3.8, 4) is 11.6 Å². The van der Waals surface area contributed by atoms with Crippen molar-refractivity contribution >= 4 is 5.97 Å². The summed E-state index contributed by atoms with van der Waals surface area (Å²) < 4.78 is 0. The molecule has 0 fully saturated rings. The zero-order valence-electron chi connectivity index (χ0n) is 9.34. The van der Waals surface area contributed by atoms with E-state index in [2.05, 4.69) is 19.9 Å². The molecule has 2 heterocycles. The van der Waals surface area contributed by atoms with Crippen molar-refractivity contribution in [1.82, 2.24) is 19.9 Å². The van der Waals surface area contributed by atoms with Crippen molar-refractivity contribution in [3.05, 3.63) is 29.8 Å². The number of aryl methyl sites for hydroxylation is 1. The third-order valence-electron chi connectivity index (χ3n) is 2.29. The predicted octanol–water partition coefficient (Wildman–Crippen LogP) is 1.52. The Bertz CT molecular complexity index is 522. The third-order valence-corrected chi connectivity index (χ3v) is 2.29. The van der Waals surface area contributed by atoms with Crippen LogP contribution in [0.5, 0.6) is 0 Å². The molecule has 0 spiro atoms. The Morgan fingerprint density at radius 1 is 1.47 bits per heavy atom. The number of nitrogens with zero attached hydrogens (tertiary/aromatic N) is 3. The van der Waals surface area contributed by atoms with Gasteiger partial charge in [-0.3, -0.25) is 0 Å². The maximum Gasteiger partial charge on any atom is 0.339 e. The minimum Gasteiger partial charge on any atom is -0.478 e. The van der Waals surface area contributed by atoms with Crippen LogP contribution in [-0.2, 0) is 6.42 Å². The summed E-state index contributed by atoms with van der Waals surface area (Å²) in [6.07, 6.45) is 6.04. The normalized spacial score (nSPS) is 10.4. The second-order valence-corrected chi connectivity index (χ2v) is 3.55. The van der Waals surface area contributed by atoms with Crippen LogP contribution in [-0.4, -0.2) is 31.0 Å². The highest BCUT2D eigenvalue weighted by Gasteiger charge is 2.14. The average Bonchev–Trinajstić information content (AvgIpc) is 2.82. The molecule has 88 valence electrons. The molecule has 0 saturated carbocycles. The molecule has 2 aromatic heterocycles. The molecule has 0 aliphatic rings. The standard InChI is InChI=1S/C11H12N4O2/c1-2-3-8-7(11(16)17)6-14-10(15-8)9-12-4-5-13-9/h4-6H,2-3H2,1H3,(H,12,13)(H,16,17). The molecule has 17 heavy (non-hydrogen) atoms. The maximum absolute atomic E-state index is 11.0. The van der Waals surface area contributed by atoms with Crippen LogP contribution in [0.4, 0.5) is 0 Å². The molecule has 0 amide bonds. The molecule has 0 bridgehead atoms. The summed E-state index contributed by atoms with van der Waals surface area (Å²) in [4.78, 5) is 26.2. The van der Waals surface area contributed by atoms with Gasteiger partial charge in [-0.05, 0) is 6.42 Å². The Morgan fingerprint density at radius 3 is 2.88 bits per heavy atom. The molecule has 0 saturated heterocycles. The lowest BCUT2D eigenvalue weighted by atomic mass is 10.1. The van der Waals surface area contributed by atoms with Crippen molar-refractivity contribution in [2.75, 3.05) is 0 Å². The number of hydrogen-bond donors (Lipinski definition) is 2. The van der Waals surface area contributed by atoms with Crippen LogP contribution in [0, 0.1) is 0 Å². The highest BCUT2D eigenvalue weighted by Crippen LogP contribution is 2.13. The van der Waals surface area contributed by atoms with E-state index in [0.717, 1.165) is 6.42 Å². The summed E-state index contributed by atoms with van der Waals surface area (Å²) in [6, 6.07) is 0. The molecule has 6 heteroatoms. The quantitative estimate of drug-likeness (QED) is 0.833. The van der Waals surface area contributed by atoms with Crippen LogP contribution in [0.1, 0.15) is 29.4 Å². The first-order valence-corrected chi connectivity index (χ1v) is 5.31. The van der Waals surface area contributed by atoms with Gasteiger partial charge in [0.15, 0.2) is 11.6 Å². The number of nitrogens with one attached hydrogen (secondary N) is 1. The van der Waals surface area contributed by atoms with Gasteiger partial charge >= 0.3 is 5.97 Å². The number of rotatable bonds is 4. The lowest BCUT2D eigenvalue weighted by molar-refractivity contribution is 0.0694. The number of carbonyl (C=O) groups is 1. The number of imidazole rings is 1. The van der Waals surface area contributed by atoms with Crippen molar-refractivity contribution in [1.29, 1.82) is 0 Å². The summed E-state index contributed by atoms with van der Waals surface area (Å²) in [6.45, 7) is 1.97. The molecule has 2 rings (SSSR count). The van der Waals surface area contributed by atoms with Crippen molar-refractivity contribution in [2.45, 2.75) is 19.8 Å². The van der Waals surface area contributed by atoms with Gasteiger partial charge in [0.25, 0.3) is 0 Å². The molecule has 6 nitrogen and oxygen atoms in total. The van der Waals surface area contributed by atoms with Crippen LogP contribution >= 0.6 is 0 Å². The summed E-state index contributed by atoms with van der Waals surface area (Å²) >= 11 is 0. The Labute approximate surface area is 97.8 Å². The molecule has 0 radical (unpaired) electrons. The van der Waals surface area contributed by atoms with E-state index in [1.807, 2.05) is 6.92 Å². The van der Waals surface area contributed by atoms with Crippen molar-refractivity contribution in [2.24, 2.45) is 0 Å². The largest absolute Gasteiger partial charge is 0.478 e. The van der Waals surface area contributed by atoms with Gasteiger partial charge in [0, 0.05) is 18.6 Å². The first-order valence-electron chi connectivity index (χ1n) is 5.31. The molecule has 0 atom stereocenters.